The summed E-state index contributed by atoms with van der Waals surface area (Å²) in [5.41, 5.74) is 12.4. The van der Waals surface area contributed by atoms with Gasteiger partial charge in [-0.05, 0) is 153 Å². The third kappa shape index (κ3) is 7.73. The van der Waals surface area contributed by atoms with Gasteiger partial charge < -0.3 is 19.4 Å². The lowest BCUT2D eigenvalue weighted by molar-refractivity contribution is -0.157. The first-order valence-corrected chi connectivity index (χ1v) is 20.0. The minimum absolute atomic E-state index is 0.0974. The van der Waals surface area contributed by atoms with Crippen molar-refractivity contribution < 1.29 is 14.3 Å². The zero-order valence-electron chi connectivity index (χ0n) is 33.9. The molecule has 4 aromatic carbocycles. The molecule has 54 heavy (non-hydrogen) atoms. The Kier molecular flexibility index (Phi) is 10.3. The smallest absolute Gasteiger partial charge is 0.344 e. The number of benzene rings is 4. The molecule has 2 aliphatic carbocycles. The van der Waals surface area contributed by atoms with E-state index in [1.165, 1.54) is 53.5 Å². The third-order valence-electron chi connectivity index (χ3n) is 12.1. The number of nitrogens with zero attached hydrogens (tertiary/aromatic N) is 2. The molecule has 1 saturated carbocycles. The van der Waals surface area contributed by atoms with Crippen LogP contribution in [0.25, 0.3) is 33.5 Å². The van der Waals surface area contributed by atoms with E-state index in [2.05, 4.69) is 106 Å². The molecule has 0 bridgehead atoms. The number of fused-ring (bicyclic) bond motifs is 4. The predicted molar refractivity (Wildman–Crippen MR) is 221 cm³/mol. The van der Waals surface area contributed by atoms with Gasteiger partial charge in [0.1, 0.15) is 17.2 Å². The van der Waals surface area contributed by atoms with E-state index in [1.54, 1.807) is 11.1 Å². The largest absolute Gasteiger partial charge is 0.482 e. The van der Waals surface area contributed by atoms with Crippen LogP contribution in [0, 0.1) is 11.3 Å². The second kappa shape index (κ2) is 14.7. The molecule has 6 heteroatoms. The highest BCUT2D eigenvalue weighted by Gasteiger charge is 2.52. The normalized spacial score (nSPS) is 21.3. The molecule has 0 saturated heterocycles. The van der Waals surface area contributed by atoms with Gasteiger partial charge in [0.2, 0.25) is 0 Å². The van der Waals surface area contributed by atoms with Crippen molar-refractivity contribution >= 4 is 17.0 Å². The molecule has 0 aliphatic heterocycles. The molecule has 7 rings (SSSR count). The van der Waals surface area contributed by atoms with Gasteiger partial charge in [-0.1, -0.05) is 88.7 Å². The van der Waals surface area contributed by atoms with E-state index < -0.39 is 11.6 Å². The van der Waals surface area contributed by atoms with E-state index >= 15 is 0 Å². The van der Waals surface area contributed by atoms with Crippen molar-refractivity contribution in [3.05, 3.63) is 107 Å². The van der Waals surface area contributed by atoms with Gasteiger partial charge in [0.05, 0.1) is 11.0 Å². The lowest BCUT2D eigenvalue weighted by atomic mass is 9.48. The number of nitrogens with one attached hydrogen (secondary N) is 1. The fourth-order valence-corrected chi connectivity index (χ4v) is 9.79. The summed E-state index contributed by atoms with van der Waals surface area (Å²) in [6.45, 7) is 16.1. The van der Waals surface area contributed by atoms with Crippen LogP contribution in [0.3, 0.4) is 0 Å². The average molecular weight is 726 g/mol. The van der Waals surface area contributed by atoms with E-state index in [9.17, 15) is 4.79 Å². The molecule has 3 atom stereocenters. The molecule has 0 spiro atoms. The Morgan fingerprint density at radius 2 is 1.74 bits per heavy atom. The Hall–Kier alpha value is -4.42. The summed E-state index contributed by atoms with van der Waals surface area (Å²) in [4.78, 5) is 23.7. The van der Waals surface area contributed by atoms with E-state index in [-0.39, 0.29) is 17.4 Å². The van der Waals surface area contributed by atoms with Crippen molar-refractivity contribution in [2.24, 2.45) is 11.3 Å². The van der Waals surface area contributed by atoms with Crippen LogP contribution in [-0.2, 0) is 34.3 Å². The van der Waals surface area contributed by atoms with Crippen LogP contribution in [0.2, 0.25) is 0 Å². The van der Waals surface area contributed by atoms with Crippen molar-refractivity contribution in [3.63, 3.8) is 0 Å². The maximum Gasteiger partial charge on any atom is 0.344 e. The van der Waals surface area contributed by atoms with Gasteiger partial charge in [0, 0.05) is 12.1 Å². The summed E-state index contributed by atoms with van der Waals surface area (Å²) >= 11 is 0. The summed E-state index contributed by atoms with van der Waals surface area (Å²) in [7, 11) is 4.25. The van der Waals surface area contributed by atoms with Crippen LogP contribution in [0.5, 0.6) is 5.75 Å². The van der Waals surface area contributed by atoms with E-state index in [0.717, 1.165) is 41.8 Å². The number of esters is 1. The summed E-state index contributed by atoms with van der Waals surface area (Å²) in [5, 5.41) is 0. The third-order valence-corrected chi connectivity index (χ3v) is 12.1. The highest BCUT2D eigenvalue weighted by atomic mass is 16.6. The number of carbonyl (C=O) groups excluding carboxylic acids is 1. The molecule has 6 nitrogen and oxygen atoms in total. The summed E-state index contributed by atoms with van der Waals surface area (Å²) in [6.07, 6.45) is 6.99. The second-order valence-corrected chi connectivity index (χ2v) is 18.2. The van der Waals surface area contributed by atoms with Crippen molar-refractivity contribution in [2.45, 2.75) is 110 Å². The number of imidazole rings is 1. The first-order valence-electron chi connectivity index (χ1n) is 20.0. The average Bonchev–Trinajstić information content (AvgIpc) is 3.55. The quantitative estimate of drug-likeness (QED) is 0.145. The van der Waals surface area contributed by atoms with Crippen LogP contribution in [0.1, 0.15) is 108 Å². The maximum absolute atomic E-state index is 12.4. The first-order chi connectivity index (χ1) is 25.6. The lowest BCUT2D eigenvalue weighted by Crippen LogP contribution is -2.50. The van der Waals surface area contributed by atoms with Crippen molar-refractivity contribution in [1.82, 2.24) is 14.9 Å². The molecule has 2 aliphatic rings. The number of hydrogen-bond donors (Lipinski definition) is 1. The molecule has 1 N–H and O–H groups in total. The Bertz CT molecular complexity index is 2160. The Morgan fingerprint density at radius 3 is 2.50 bits per heavy atom. The van der Waals surface area contributed by atoms with Crippen molar-refractivity contribution in [1.29, 1.82) is 0 Å². The Labute approximate surface area is 322 Å². The van der Waals surface area contributed by atoms with Crippen LogP contribution in [0.15, 0.2) is 78.9 Å². The van der Waals surface area contributed by atoms with Crippen LogP contribution in [0.4, 0.5) is 0 Å². The Morgan fingerprint density at radius 1 is 0.963 bits per heavy atom. The van der Waals surface area contributed by atoms with Gasteiger partial charge in [0.25, 0.3) is 0 Å². The number of rotatable bonds is 10. The van der Waals surface area contributed by atoms with Gasteiger partial charge in [-0.3, -0.25) is 0 Å². The Balaban J connectivity index is 1.28. The summed E-state index contributed by atoms with van der Waals surface area (Å²) < 4.78 is 11.3. The fourth-order valence-electron chi connectivity index (χ4n) is 9.79. The number of aryl methyl sites for hydroxylation is 1. The minimum atomic E-state index is -0.562. The number of carbonyl (C=O) groups is 1. The molecule has 0 unspecified atom stereocenters. The number of hydrogen-bond acceptors (Lipinski definition) is 5. The number of aromatic nitrogens is 2. The predicted octanol–water partition coefficient (Wildman–Crippen LogP) is 11.1. The molecule has 1 fully saturated rings. The highest BCUT2D eigenvalue weighted by molar-refractivity contribution is 5.89. The molecule has 5 aromatic rings. The zero-order chi connectivity index (χ0) is 38.4. The molecule has 284 valence electrons. The second-order valence-electron chi connectivity index (χ2n) is 18.2. The van der Waals surface area contributed by atoms with E-state index in [0.29, 0.717) is 17.6 Å². The molecule has 0 radical (unpaired) electrons. The number of H-pyrrole nitrogens is 1. The van der Waals surface area contributed by atoms with Gasteiger partial charge in [-0.15, -0.1) is 0 Å². The van der Waals surface area contributed by atoms with Crippen LogP contribution >= 0.6 is 0 Å². The van der Waals surface area contributed by atoms with Gasteiger partial charge in [0.15, 0.2) is 6.61 Å². The minimum Gasteiger partial charge on any atom is -0.482 e. The first kappa shape index (κ1) is 37.9. The maximum atomic E-state index is 12.4. The van der Waals surface area contributed by atoms with Crippen LogP contribution < -0.4 is 4.74 Å². The van der Waals surface area contributed by atoms with Gasteiger partial charge in [-0.2, -0.15) is 0 Å². The molecule has 1 heterocycles. The summed E-state index contributed by atoms with van der Waals surface area (Å²) in [5.74, 6) is 2.11. The van der Waals surface area contributed by atoms with Gasteiger partial charge >= 0.3 is 5.97 Å². The molecular weight excluding hydrogens is 667 g/mol. The summed E-state index contributed by atoms with van der Waals surface area (Å²) in [6, 6.07) is 28.8. The zero-order valence-corrected chi connectivity index (χ0v) is 33.9. The standard InChI is InChI=1S/C48H59N3O3/c1-31(2)33-17-20-40-35(26-33)18-22-42-47(6,23-12-24-48(40,42)7)28-39-38(34-14-10-13-32(25-34)29-51(8)9)19-21-41-44(39)50-45(49-41)36-15-11-16-37(27-36)53-30-43(52)54-46(3,4)5/h10-11,13-17,19-21,25-27,31,42H,12,18,22-24,28-30H2,1-9H3,(H,49,50)/t42-,47+,48+/m0/s1. The SMILES string of the molecule is CC(C)c1ccc2c(c1)CC[C@H]1[C@@](C)(Cc3c(-c4cccc(CN(C)C)c4)ccc4[nH]c(-c5cccc(OCC(=O)OC(C)(C)C)c5)nc34)CCC[C@]21C. The highest BCUT2D eigenvalue weighted by Crippen LogP contribution is 2.59. The topological polar surface area (TPSA) is 67.5 Å². The van der Waals surface area contributed by atoms with Crippen LogP contribution in [-0.4, -0.2) is 47.1 Å². The molecule has 1 aromatic heterocycles. The number of ether oxygens (including phenoxy) is 2. The monoisotopic (exact) mass is 725 g/mol. The van der Waals surface area contributed by atoms with Crippen molar-refractivity contribution in [3.8, 4) is 28.3 Å². The fraction of sp³-hybridized carbons (Fsp3) is 0.458. The van der Waals surface area contributed by atoms with Gasteiger partial charge in [-0.25, -0.2) is 9.78 Å². The van der Waals surface area contributed by atoms with E-state index in [4.69, 9.17) is 14.5 Å². The number of aromatic amines is 1. The van der Waals surface area contributed by atoms with E-state index in [1.807, 2.05) is 45.0 Å². The molecule has 0 amide bonds. The molecular formula is C48H59N3O3. The lowest BCUT2D eigenvalue weighted by Gasteiger charge is -2.56. The van der Waals surface area contributed by atoms with Crippen molar-refractivity contribution in [2.75, 3.05) is 20.7 Å².